The maximum absolute atomic E-state index is 12.6. The number of aryl methyl sites for hydroxylation is 3. The molecule has 0 unspecified atom stereocenters. The fraction of sp³-hybridized carbons (Fsp3) is 0.381. The molecule has 0 radical (unpaired) electrons. The summed E-state index contributed by atoms with van der Waals surface area (Å²) in [5, 5.41) is 0. The zero-order chi connectivity index (χ0) is 17.1. The Morgan fingerprint density at radius 3 is 2.33 bits per heavy atom. The molecule has 0 spiro atoms. The zero-order valence-electron chi connectivity index (χ0n) is 14.9. The minimum Gasteiger partial charge on any atom is -0.368 e. The summed E-state index contributed by atoms with van der Waals surface area (Å²) in [4.78, 5) is 17.0. The van der Waals surface area contributed by atoms with Gasteiger partial charge in [-0.15, -0.1) is 0 Å². The molecular formula is C21H26N2O. The molecule has 0 bridgehead atoms. The Morgan fingerprint density at radius 2 is 1.62 bits per heavy atom. The summed E-state index contributed by atoms with van der Waals surface area (Å²) in [5.41, 5.74) is 6.21. The number of nitrogens with zero attached hydrogens (tertiary/aromatic N) is 2. The standard InChI is InChI=1S/C21H26N2O/c1-16-5-4-6-19(13-16)15-21(24)23-11-9-22(10-12-23)20-14-17(2)7-8-18(20)3/h4-8,13-14H,9-12,15H2,1-3H3. The summed E-state index contributed by atoms with van der Waals surface area (Å²) in [6, 6.07) is 14.8. The Bertz CT molecular complexity index is 730. The summed E-state index contributed by atoms with van der Waals surface area (Å²) in [7, 11) is 0. The van der Waals surface area contributed by atoms with Crippen molar-refractivity contribution in [2.24, 2.45) is 0 Å². The summed E-state index contributed by atoms with van der Waals surface area (Å²) < 4.78 is 0. The van der Waals surface area contributed by atoms with Crippen LogP contribution in [-0.4, -0.2) is 37.0 Å². The minimum absolute atomic E-state index is 0.237. The molecule has 24 heavy (non-hydrogen) atoms. The largest absolute Gasteiger partial charge is 0.368 e. The van der Waals surface area contributed by atoms with Crippen molar-refractivity contribution in [3.05, 3.63) is 64.7 Å². The monoisotopic (exact) mass is 322 g/mol. The number of hydrogen-bond acceptors (Lipinski definition) is 2. The first kappa shape index (κ1) is 16.6. The van der Waals surface area contributed by atoms with Crippen LogP contribution >= 0.6 is 0 Å². The van der Waals surface area contributed by atoms with Gasteiger partial charge in [-0.3, -0.25) is 4.79 Å². The number of anilines is 1. The van der Waals surface area contributed by atoms with Gasteiger partial charge in [0.25, 0.3) is 0 Å². The molecule has 3 heteroatoms. The molecule has 3 nitrogen and oxygen atoms in total. The van der Waals surface area contributed by atoms with Gasteiger partial charge in [0.2, 0.25) is 5.91 Å². The number of hydrogen-bond donors (Lipinski definition) is 0. The van der Waals surface area contributed by atoms with Crippen LogP contribution in [0.2, 0.25) is 0 Å². The van der Waals surface area contributed by atoms with Crippen molar-refractivity contribution in [1.82, 2.24) is 4.90 Å². The van der Waals surface area contributed by atoms with E-state index in [9.17, 15) is 4.79 Å². The maximum Gasteiger partial charge on any atom is 0.227 e. The molecule has 0 saturated carbocycles. The van der Waals surface area contributed by atoms with Gasteiger partial charge in [0, 0.05) is 31.9 Å². The Morgan fingerprint density at radius 1 is 0.917 bits per heavy atom. The molecule has 3 rings (SSSR count). The van der Waals surface area contributed by atoms with E-state index in [2.05, 4.69) is 56.0 Å². The van der Waals surface area contributed by atoms with Gasteiger partial charge < -0.3 is 9.80 Å². The minimum atomic E-state index is 0.237. The summed E-state index contributed by atoms with van der Waals surface area (Å²) >= 11 is 0. The zero-order valence-corrected chi connectivity index (χ0v) is 14.9. The van der Waals surface area contributed by atoms with Crippen LogP contribution in [0.5, 0.6) is 0 Å². The molecule has 2 aromatic carbocycles. The Labute approximate surface area is 144 Å². The molecule has 2 aromatic rings. The molecule has 0 atom stereocenters. The molecule has 1 aliphatic heterocycles. The van der Waals surface area contributed by atoms with Gasteiger partial charge >= 0.3 is 0 Å². The Hall–Kier alpha value is -2.29. The van der Waals surface area contributed by atoms with Crippen LogP contribution in [0.3, 0.4) is 0 Å². The van der Waals surface area contributed by atoms with Crippen LogP contribution in [0.25, 0.3) is 0 Å². The van der Waals surface area contributed by atoms with E-state index in [1.165, 1.54) is 22.4 Å². The number of piperazine rings is 1. The van der Waals surface area contributed by atoms with Crippen LogP contribution in [0, 0.1) is 20.8 Å². The van der Waals surface area contributed by atoms with Crippen molar-refractivity contribution in [3.8, 4) is 0 Å². The highest BCUT2D eigenvalue weighted by atomic mass is 16.2. The second kappa shape index (κ2) is 7.08. The van der Waals surface area contributed by atoms with Crippen molar-refractivity contribution in [2.75, 3.05) is 31.1 Å². The first-order chi connectivity index (χ1) is 11.5. The van der Waals surface area contributed by atoms with E-state index in [1.54, 1.807) is 0 Å². The van der Waals surface area contributed by atoms with E-state index in [1.807, 2.05) is 17.0 Å². The first-order valence-corrected chi connectivity index (χ1v) is 8.68. The van der Waals surface area contributed by atoms with E-state index >= 15 is 0 Å². The number of carbonyl (C=O) groups is 1. The van der Waals surface area contributed by atoms with E-state index in [-0.39, 0.29) is 5.91 Å². The summed E-state index contributed by atoms with van der Waals surface area (Å²) in [6.45, 7) is 9.77. The normalized spacial score (nSPS) is 14.8. The Balaban J connectivity index is 1.60. The Kier molecular flexibility index (Phi) is 4.89. The number of benzene rings is 2. The maximum atomic E-state index is 12.6. The van der Waals surface area contributed by atoms with Crippen LogP contribution in [0.1, 0.15) is 22.3 Å². The van der Waals surface area contributed by atoms with Gasteiger partial charge in [-0.05, 0) is 43.5 Å². The molecule has 0 N–H and O–H groups in total. The smallest absolute Gasteiger partial charge is 0.227 e. The molecular weight excluding hydrogens is 296 g/mol. The van der Waals surface area contributed by atoms with Crippen LogP contribution in [0.4, 0.5) is 5.69 Å². The van der Waals surface area contributed by atoms with Crippen molar-refractivity contribution in [2.45, 2.75) is 27.2 Å². The first-order valence-electron chi connectivity index (χ1n) is 8.68. The summed E-state index contributed by atoms with van der Waals surface area (Å²) in [6.07, 6.45) is 0.505. The third-order valence-electron chi connectivity index (χ3n) is 4.78. The average molecular weight is 322 g/mol. The number of rotatable bonds is 3. The number of carbonyl (C=O) groups excluding carboxylic acids is 1. The van der Waals surface area contributed by atoms with Gasteiger partial charge in [0.15, 0.2) is 0 Å². The van der Waals surface area contributed by atoms with Crippen molar-refractivity contribution < 1.29 is 4.79 Å². The van der Waals surface area contributed by atoms with Gasteiger partial charge in [-0.2, -0.15) is 0 Å². The van der Waals surface area contributed by atoms with Crippen LogP contribution < -0.4 is 4.90 Å². The highest BCUT2D eigenvalue weighted by molar-refractivity contribution is 5.79. The van der Waals surface area contributed by atoms with E-state index in [0.29, 0.717) is 6.42 Å². The van der Waals surface area contributed by atoms with Crippen molar-refractivity contribution in [1.29, 1.82) is 0 Å². The molecule has 126 valence electrons. The quantitative estimate of drug-likeness (QED) is 0.863. The van der Waals surface area contributed by atoms with Gasteiger partial charge in [0.1, 0.15) is 0 Å². The molecule has 0 aliphatic carbocycles. The fourth-order valence-electron chi connectivity index (χ4n) is 3.37. The molecule has 1 heterocycles. The van der Waals surface area contributed by atoms with Crippen molar-refractivity contribution in [3.63, 3.8) is 0 Å². The van der Waals surface area contributed by atoms with E-state index in [0.717, 1.165) is 31.7 Å². The number of amides is 1. The SMILES string of the molecule is Cc1cccc(CC(=O)N2CCN(c3cc(C)ccc3C)CC2)c1. The topological polar surface area (TPSA) is 23.6 Å². The third-order valence-corrected chi connectivity index (χ3v) is 4.78. The fourth-order valence-corrected chi connectivity index (χ4v) is 3.37. The van der Waals surface area contributed by atoms with Gasteiger partial charge in [-0.1, -0.05) is 42.0 Å². The molecule has 1 saturated heterocycles. The lowest BCUT2D eigenvalue weighted by molar-refractivity contribution is -0.130. The van der Waals surface area contributed by atoms with E-state index < -0.39 is 0 Å². The molecule has 1 aliphatic rings. The van der Waals surface area contributed by atoms with Crippen LogP contribution in [-0.2, 0) is 11.2 Å². The molecule has 0 aromatic heterocycles. The lowest BCUT2D eigenvalue weighted by Crippen LogP contribution is -2.49. The predicted molar refractivity (Wildman–Crippen MR) is 99.6 cm³/mol. The lowest BCUT2D eigenvalue weighted by Gasteiger charge is -2.37. The average Bonchev–Trinajstić information content (AvgIpc) is 2.57. The van der Waals surface area contributed by atoms with Crippen LogP contribution in [0.15, 0.2) is 42.5 Å². The van der Waals surface area contributed by atoms with Crippen molar-refractivity contribution >= 4 is 11.6 Å². The summed E-state index contributed by atoms with van der Waals surface area (Å²) in [5.74, 6) is 0.237. The third kappa shape index (κ3) is 3.78. The molecule has 1 amide bonds. The molecule has 1 fully saturated rings. The van der Waals surface area contributed by atoms with Gasteiger partial charge in [0.05, 0.1) is 6.42 Å². The second-order valence-corrected chi connectivity index (χ2v) is 6.82. The second-order valence-electron chi connectivity index (χ2n) is 6.82. The van der Waals surface area contributed by atoms with Gasteiger partial charge in [-0.25, -0.2) is 0 Å². The van der Waals surface area contributed by atoms with E-state index in [4.69, 9.17) is 0 Å². The lowest BCUT2D eigenvalue weighted by atomic mass is 10.1. The highest BCUT2D eigenvalue weighted by Crippen LogP contribution is 2.23. The predicted octanol–water partition coefficient (Wildman–Crippen LogP) is 3.50. The highest BCUT2D eigenvalue weighted by Gasteiger charge is 2.22.